The molecule has 0 radical (unpaired) electrons. The summed E-state index contributed by atoms with van der Waals surface area (Å²) in [5, 5.41) is 9.41. The number of benzene rings is 3. The molecule has 1 aliphatic carbocycles. The van der Waals surface area contributed by atoms with Crippen LogP contribution in [0, 0.1) is 28.9 Å². The molecule has 2 amide bonds. The number of anilines is 2. The summed E-state index contributed by atoms with van der Waals surface area (Å²) in [4.78, 5) is 32.8. The highest BCUT2D eigenvalue weighted by Gasteiger charge is 2.65. The Balaban J connectivity index is 1.12. The molecule has 10 nitrogen and oxygen atoms in total. The van der Waals surface area contributed by atoms with Gasteiger partial charge in [-0.05, 0) is 53.9 Å². The number of aromatic nitrogens is 1. The maximum atomic E-state index is 15.3. The number of amides is 2. The molecule has 1 aromatic heterocycles. The van der Waals surface area contributed by atoms with Crippen molar-refractivity contribution in [2.75, 3.05) is 57.1 Å². The Morgan fingerprint density at radius 1 is 0.894 bits per heavy atom. The molecule has 12 heteroatoms. The minimum Gasteiger partial charge on any atom is -0.493 e. The maximum absolute atomic E-state index is 15.3. The van der Waals surface area contributed by atoms with Gasteiger partial charge in [0.1, 0.15) is 18.2 Å². The number of methoxy groups -OCH3 is 1. The van der Waals surface area contributed by atoms with Gasteiger partial charge in [-0.3, -0.25) is 19.5 Å². The van der Waals surface area contributed by atoms with Crippen LogP contribution < -0.4 is 30.2 Å². The molecule has 0 unspecified atom stereocenters. The summed E-state index contributed by atoms with van der Waals surface area (Å²) in [5.74, 6) is -1.69. The summed E-state index contributed by atoms with van der Waals surface area (Å²) in [6.07, 6.45) is 1.56. The SMILES string of the molecule is COc1cc2nccc(Oc3ccc(NC(=O)[C@H]4[C@@H](C(=O)Nc5ccc(F)cc5)C4(C)C)cc3F)c2cc1OCCN1CCNCC1. The van der Waals surface area contributed by atoms with E-state index in [2.05, 4.69) is 25.8 Å². The van der Waals surface area contributed by atoms with Crippen molar-refractivity contribution in [3.05, 3.63) is 78.5 Å². The van der Waals surface area contributed by atoms with Crippen LogP contribution in [0.4, 0.5) is 20.2 Å². The second-order valence-corrected chi connectivity index (χ2v) is 12.3. The molecule has 47 heavy (non-hydrogen) atoms. The first kappa shape index (κ1) is 32.1. The van der Waals surface area contributed by atoms with Crippen molar-refractivity contribution in [3.63, 3.8) is 0 Å². The summed E-state index contributed by atoms with van der Waals surface area (Å²) in [5.41, 5.74) is 0.633. The van der Waals surface area contributed by atoms with E-state index in [1.165, 1.54) is 42.5 Å². The number of hydrogen-bond donors (Lipinski definition) is 3. The Hall–Kier alpha value is -4.81. The van der Waals surface area contributed by atoms with E-state index in [1.54, 1.807) is 31.5 Å². The predicted octanol–water partition coefficient (Wildman–Crippen LogP) is 5.45. The Bertz CT molecular complexity index is 1780. The predicted molar refractivity (Wildman–Crippen MR) is 174 cm³/mol. The van der Waals surface area contributed by atoms with Crippen LogP contribution in [0.3, 0.4) is 0 Å². The van der Waals surface area contributed by atoms with Gasteiger partial charge < -0.3 is 30.2 Å². The van der Waals surface area contributed by atoms with Gasteiger partial charge in [-0.25, -0.2) is 8.78 Å². The monoisotopic (exact) mass is 645 g/mol. The van der Waals surface area contributed by atoms with Crippen molar-refractivity contribution in [2.45, 2.75) is 13.8 Å². The van der Waals surface area contributed by atoms with Crippen molar-refractivity contribution in [1.82, 2.24) is 15.2 Å². The lowest BCUT2D eigenvalue weighted by molar-refractivity contribution is -0.122. The second kappa shape index (κ2) is 13.5. The summed E-state index contributed by atoms with van der Waals surface area (Å²) in [6, 6.07) is 14.7. The molecule has 2 atom stereocenters. The number of carbonyl (C=O) groups is 2. The van der Waals surface area contributed by atoms with Gasteiger partial charge >= 0.3 is 0 Å². The molecule has 3 aromatic carbocycles. The van der Waals surface area contributed by atoms with Crippen molar-refractivity contribution in [2.24, 2.45) is 17.3 Å². The molecule has 1 saturated carbocycles. The molecular formula is C35H37F2N5O5. The maximum Gasteiger partial charge on any atom is 0.228 e. The topological polar surface area (TPSA) is 114 Å². The van der Waals surface area contributed by atoms with E-state index in [-0.39, 0.29) is 17.3 Å². The average Bonchev–Trinajstić information content (AvgIpc) is 3.65. The molecule has 1 aliphatic heterocycles. The van der Waals surface area contributed by atoms with Gasteiger partial charge in [0, 0.05) is 67.8 Å². The van der Waals surface area contributed by atoms with Gasteiger partial charge in [-0.2, -0.15) is 0 Å². The molecule has 4 aromatic rings. The number of rotatable bonds is 11. The fraction of sp³-hybridized carbons (Fsp3) is 0.343. The van der Waals surface area contributed by atoms with Gasteiger partial charge in [0.25, 0.3) is 0 Å². The van der Waals surface area contributed by atoms with Gasteiger partial charge in [0.05, 0.1) is 24.5 Å². The summed E-state index contributed by atoms with van der Waals surface area (Å²) >= 11 is 0. The normalized spacial score (nSPS) is 18.7. The smallest absolute Gasteiger partial charge is 0.228 e. The van der Waals surface area contributed by atoms with Gasteiger partial charge in [-0.1, -0.05) is 13.8 Å². The number of nitrogens with one attached hydrogen (secondary N) is 3. The summed E-state index contributed by atoms with van der Waals surface area (Å²) < 4.78 is 46.2. The van der Waals surface area contributed by atoms with Gasteiger partial charge in [0.2, 0.25) is 11.8 Å². The lowest BCUT2D eigenvalue weighted by Gasteiger charge is -2.27. The summed E-state index contributed by atoms with van der Waals surface area (Å²) in [7, 11) is 1.56. The number of fused-ring (bicyclic) bond motifs is 1. The van der Waals surface area contributed by atoms with Crippen LogP contribution in [0.1, 0.15) is 13.8 Å². The van der Waals surface area contributed by atoms with E-state index < -0.39 is 34.8 Å². The first-order chi connectivity index (χ1) is 22.6. The van der Waals surface area contributed by atoms with E-state index in [4.69, 9.17) is 14.2 Å². The van der Waals surface area contributed by atoms with Crippen molar-refractivity contribution >= 4 is 34.1 Å². The standard InChI is InChI=1S/C35H37F2N5O5/c1-35(2)31(33(43)40-22-6-4-21(36)5-7-22)32(35)34(44)41-23-8-9-28(25(37)18-23)47-27-10-11-39-26-20-29(45-3)30(19-24(26)27)46-17-16-42-14-12-38-13-15-42/h4-11,18-20,31-32,38H,12-17H2,1-3H3,(H,40,43)(H,41,44)/t31-,32+/m0/s1. The van der Waals surface area contributed by atoms with Crippen LogP contribution in [0.25, 0.3) is 10.9 Å². The molecular weight excluding hydrogens is 608 g/mol. The van der Waals surface area contributed by atoms with E-state index in [1.807, 2.05) is 13.8 Å². The average molecular weight is 646 g/mol. The number of carbonyl (C=O) groups excluding carboxylic acids is 2. The number of halogens is 2. The Labute approximate surface area is 271 Å². The molecule has 2 fully saturated rings. The third-order valence-corrected chi connectivity index (χ3v) is 8.79. The van der Waals surface area contributed by atoms with Crippen LogP contribution in [0.2, 0.25) is 0 Å². The third-order valence-electron chi connectivity index (χ3n) is 8.79. The highest BCUT2D eigenvalue weighted by molar-refractivity contribution is 6.04. The molecule has 0 bridgehead atoms. The number of piperazine rings is 1. The third kappa shape index (κ3) is 7.13. The van der Waals surface area contributed by atoms with Crippen LogP contribution in [-0.4, -0.2) is 68.1 Å². The van der Waals surface area contributed by atoms with E-state index in [0.717, 1.165) is 32.7 Å². The minimum atomic E-state index is -0.686. The van der Waals surface area contributed by atoms with E-state index in [9.17, 15) is 14.0 Å². The van der Waals surface area contributed by atoms with E-state index in [0.29, 0.717) is 40.4 Å². The first-order valence-electron chi connectivity index (χ1n) is 15.5. The van der Waals surface area contributed by atoms with Crippen molar-refractivity contribution in [3.8, 4) is 23.0 Å². The van der Waals surface area contributed by atoms with Crippen molar-refractivity contribution in [1.29, 1.82) is 0 Å². The zero-order valence-electron chi connectivity index (χ0n) is 26.4. The van der Waals surface area contributed by atoms with Crippen LogP contribution >= 0.6 is 0 Å². The molecule has 2 heterocycles. The van der Waals surface area contributed by atoms with Crippen LogP contribution in [-0.2, 0) is 9.59 Å². The first-order valence-corrected chi connectivity index (χ1v) is 15.5. The number of hydrogen-bond acceptors (Lipinski definition) is 8. The van der Waals surface area contributed by atoms with E-state index >= 15 is 4.39 Å². The Morgan fingerprint density at radius 3 is 2.26 bits per heavy atom. The quantitative estimate of drug-likeness (QED) is 0.198. The molecule has 1 saturated heterocycles. The highest BCUT2D eigenvalue weighted by atomic mass is 19.1. The molecule has 3 N–H and O–H groups in total. The molecule has 2 aliphatic rings. The zero-order valence-corrected chi connectivity index (χ0v) is 26.4. The zero-order chi connectivity index (χ0) is 33.1. The largest absolute Gasteiger partial charge is 0.493 e. The lowest BCUT2D eigenvalue weighted by Crippen LogP contribution is -2.44. The fourth-order valence-electron chi connectivity index (χ4n) is 6.08. The second-order valence-electron chi connectivity index (χ2n) is 12.3. The van der Waals surface area contributed by atoms with Gasteiger partial charge in [0.15, 0.2) is 23.1 Å². The Kier molecular flexibility index (Phi) is 9.24. The molecule has 246 valence electrons. The molecule has 6 rings (SSSR count). The number of nitrogens with zero attached hydrogens (tertiary/aromatic N) is 2. The summed E-state index contributed by atoms with van der Waals surface area (Å²) in [6.45, 7) is 8.71. The van der Waals surface area contributed by atoms with Crippen LogP contribution in [0.5, 0.6) is 23.0 Å². The number of ether oxygens (including phenoxy) is 3. The van der Waals surface area contributed by atoms with Crippen molar-refractivity contribution < 1.29 is 32.6 Å². The fourth-order valence-corrected chi connectivity index (χ4v) is 6.08. The minimum absolute atomic E-state index is 0.0456. The Morgan fingerprint density at radius 2 is 1.57 bits per heavy atom. The van der Waals surface area contributed by atoms with Gasteiger partial charge in [-0.15, -0.1) is 0 Å². The highest BCUT2D eigenvalue weighted by Crippen LogP contribution is 2.59. The number of pyridine rings is 1. The van der Waals surface area contributed by atoms with Crippen LogP contribution in [0.15, 0.2) is 66.9 Å². The lowest BCUT2D eigenvalue weighted by atomic mass is 10.1. The molecule has 0 spiro atoms.